The Balaban J connectivity index is 1.65. The normalized spacial score (nSPS) is 13.7. The minimum atomic E-state index is -0.306. The molecule has 1 aliphatic rings. The lowest BCUT2D eigenvalue weighted by atomic mass is 10.1. The third kappa shape index (κ3) is 5.40. The van der Waals surface area contributed by atoms with E-state index in [0.29, 0.717) is 54.1 Å². The third-order valence-electron chi connectivity index (χ3n) is 4.57. The Morgan fingerprint density at radius 2 is 1.90 bits per heavy atom. The number of amides is 2. The molecule has 7 nitrogen and oxygen atoms in total. The second kappa shape index (κ2) is 9.62. The summed E-state index contributed by atoms with van der Waals surface area (Å²) in [5.41, 5.74) is 1.92. The number of rotatable bonds is 6. The van der Waals surface area contributed by atoms with Crippen molar-refractivity contribution in [2.24, 2.45) is 0 Å². The van der Waals surface area contributed by atoms with Gasteiger partial charge in [0.15, 0.2) is 18.1 Å². The fraction of sp³-hybridized carbons (Fsp3) is 0.333. The average molecular weight is 419 g/mol. The molecule has 1 fully saturated rings. The molecule has 0 spiro atoms. The number of morpholine rings is 1. The van der Waals surface area contributed by atoms with E-state index in [1.807, 2.05) is 13.0 Å². The van der Waals surface area contributed by atoms with Gasteiger partial charge in [0.25, 0.3) is 11.8 Å². The van der Waals surface area contributed by atoms with Crippen LogP contribution in [0.15, 0.2) is 36.4 Å². The predicted octanol–water partition coefficient (Wildman–Crippen LogP) is 3.15. The minimum Gasteiger partial charge on any atom is -0.493 e. The number of hydrogen-bond acceptors (Lipinski definition) is 5. The number of anilines is 1. The Kier molecular flexibility index (Phi) is 6.95. The Morgan fingerprint density at radius 1 is 1.14 bits per heavy atom. The van der Waals surface area contributed by atoms with Crippen LogP contribution in [-0.2, 0) is 9.53 Å². The van der Waals surface area contributed by atoms with Crippen LogP contribution in [-0.4, -0.2) is 56.7 Å². The first-order valence-electron chi connectivity index (χ1n) is 9.22. The van der Waals surface area contributed by atoms with Crippen LogP contribution in [0.2, 0.25) is 5.02 Å². The molecule has 1 N–H and O–H groups in total. The lowest BCUT2D eigenvalue weighted by Crippen LogP contribution is -2.43. The summed E-state index contributed by atoms with van der Waals surface area (Å²) in [6.07, 6.45) is 0. The highest BCUT2D eigenvalue weighted by Crippen LogP contribution is 2.29. The Hall–Kier alpha value is -2.77. The summed E-state index contributed by atoms with van der Waals surface area (Å²) in [5.74, 6) is 0.339. The number of halogens is 1. The number of nitrogens with zero attached hydrogens (tertiary/aromatic N) is 1. The molecule has 0 radical (unpaired) electrons. The summed E-state index contributed by atoms with van der Waals surface area (Å²) in [5, 5.41) is 3.38. The fourth-order valence-electron chi connectivity index (χ4n) is 2.85. The standard InChI is InChI=1S/C21H23ClN2O5/c1-14-3-5-16(12-17(14)22)23-21(26)15-4-6-18(19(11-15)27-2)29-13-20(25)24-7-9-28-10-8-24/h3-6,11-12H,7-10,13H2,1-2H3,(H,23,26). The molecular weight excluding hydrogens is 396 g/mol. The van der Waals surface area contributed by atoms with Gasteiger partial charge in [-0.25, -0.2) is 0 Å². The van der Waals surface area contributed by atoms with Crippen molar-refractivity contribution in [1.82, 2.24) is 4.90 Å². The van der Waals surface area contributed by atoms with E-state index in [9.17, 15) is 9.59 Å². The van der Waals surface area contributed by atoms with Crippen molar-refractivity contribution in [3.05, 3.63) is 52.5 Å². The van der Waals surface area contributed by atoms with E-state index in [2.05, 4.69) is 5.32 Å². The molecule has 3 rings (SSSR count). The lowest BCUT2D eigenvalue weighted by molar-refractivity contribution is -0.137. The predicted molar refractivity (Wildman–Crippen MR) is 110 cm³/mol. The number of carbonyl (C=O) groups excluding carboxylic acids is 2. The average Bonchev–Trinajstić information content (AvgIpc) is 2.75. The van der Waals surface area contributed by atoms with E-state index >= 15 is 0 Å². The molecule has 0 bridgehead atoms. The lowest BCUT2D eigenvalue weighted by Gasteiger charge is -2.26. The molecule has 8 heteroatoms. The molecule has 1 aliphatic heterocycles. The van der Waals surface area contributed by atoms with Crippen molar-refractivity contribution in [3.8, 4) is 11.5 Å². The summed E-state index contributed by atoms with van der Waals surface area (Å²) in [7, 11) is 1.48. The third-order valence-corrected chi connectivity index (χ3v) is 4.98. The first kappa shape index (κ1) is 21.0. The molecule has 0 aliphatic carbocycles. The SMILES string of the molecule is COc1cc(C(=O)Nc2ccc(C)c(Cl)c2)ccc1OCC(=O)N1CCOCC1. The molecule has 0 unspecified atom stereocenters. The monoisotopic (exact) mass is 418 g/mol. The number of nitrogens with one attached hydrogen (secondary N) is 1. The van der Waals surface area contributed by atoms with E-state index in [1.165, 1.54) is 7.11 Å². The van der Waals surface area contributed by atoms with Crippen molar-refractivity contribution in [1.29, 1.82) is 0 Å². The van der Waals surface area contributed by atoms with E-state index in [0.717, 1.165) is 5.56 Å². The summed E-state index contributed by atoms with van der Waals surface area (Å²) in [4.78, 5) is 26.5. The van der Waals surface area contributed by atoms with Crippen LogP contribution in [0.5, 0.6) is 11.5 Å². The number of carbonyl (C=O) groups is 2. The number of benzene rings is 2. The van der Waals surface area contributed by atoms with E-state index in [4.69, 9.17) is 25.8 Å². The summed E-state index contributed by atoms with van der Waals surface area (Å²) in [6.45, 7) is 3.96. The first-order chi connectivity index (χ1) is 14.0. The van der Waals surface area contributed by atoms with Crippen LogP contribution in [0.4, 0.5) is 5.69 Å². The van der Waals surface area contributed by atoms with Crippen LogP contribution in [0.3, 0.4) is 0 Å². The summed E-state index contributed by atoms with van der Waals surface area (Å²) in [6, 6.07) is 10.1. The quantitative estimate of drug-likeness (QED) is 0.779. The van der Waals surface area contributed by atoms with Crippen LogP contribution in [0.25, 0.3) is 0 Å². The van der Waals surface area contributed by atoms with E-state index in [-0.39, 0.29) is 18.4 Å². The van der Waals surface area contributed by atoms with Crippen molar-refractivity contribution < 1.29 is 23.8 Å². The van der Waals surface area contributed by atoms with Gasteiger partial charge in [-0.05, 0) is 42.8 Å². The second-order valence-corrected chi connectivity index (χ2v) is 6.97. The van der Waals surface area contributed by atoms with Crippen LogP contribution < -0.4 is 14.8 Å². The Bertz CT molecular complexity index is 897. The fourth-order valence-corrected chi connectivity index (χ4v) is 3.03. The van der Waals surface area contributed by atoms with E-state index < -0.39 is 0 Å². The molecule has 2 aromatic rings. The Labute approximate surface area is 174 Å². The number of aryl methyl sites for hydroxylation is 1. The van der Waals surface area contributed by atoms with Gasteiger partial charge < -0.3 is 24.4 Å². The molecule has 2 amide bonds. The maximum Gasteiger partial charge on any atom is 0.260 e. The van der Waals surface area contributed by atoms with Crippen molar-refractivity contribution in [3.63, 3.8) is 0 Å². The van der Waals surface area contributed by atoms with Gasteiger partial charge in [0.1, 0.15) is 0 Å². The molecule has 0 atom stereocenters. The van der Waals surface area contributed by atoms with Gasteiger partial charge in [-0.1, -0.05) is 17.7 Å². The zero-order valence-electron chi connectivity index (χ0n) is 16.4. The van der Waals surface area contributed by atoms with Gasteiger partial charge in [-0.2, -0.15) is 0 Å². The first-order valence-corrected chi connectivity index (χ1v) is 9.59. The largest absolute Gasteiger partial charge is 0.493 e. The summed E-state index contributed by atoms with van der Waals surface area (Å²) < 4.78 is 16.2. The zero-order valence-corrected chi connectivity index (χ0v) is 17.1. The van der Waals surface area contributed by atoms with Gasteiger partial charge in [0.05, 0.1) is 20.3 Å². The highest BCUT2D eigenvalue weighted by molar-refractivity contribution is 6.31. The maximum atomic E-state index is 12.5. The molecule has 29 heavy (non-hydrogen) atoms. The number of ether oxygens (including phenoxy) is 3. The molecule has 0 saturated carbocycles. The molecule has 2 aromatic carbocycles. The highest BCUT2D eigenvalue weighted by atomic mass is 35.5. The van der Waals surface area contributed by atoms with Crippen molar-refractivity contribution in [2.45, 2.75) is 6.92 Å². The van der Waals surface area contributed by atoms with Crippen molar-refractivity contribution in [2.75, 3.05) is 45.3 Å². The van der Waals surface area contributed by atoms with Gasteiger partial charge in [-0.15, -0.1) is 0 Å². The number of methoxy groups -OCH3 is 1. The van der Waals surface area contributed by atoms with Crippen LogP contribution in [0.1, 0.15) is 15.9 Å². The van der Waals surface area contributed by atoms with Gasteiger partial charge in [0, 0.05) is 29.4 Å². The maximum absolute atomic E-state index is 12.5. The van der Waals surface area contributed by atoms with E-state index in [1.54, 1.807) is 35.2 Å². The molecule has 1 heterocycles. The minimum absolute atomic E-state index is 0.107. The summed E-state index contributed by atoms with van der Waals surface area (Å²) >= 11 is 6.10. The Morgan fingerprint density at radius 3 is 2.59 bits per heavy atom. The van der Waals surface area contributed by atoms with Gasteiger partial charge in [0.2, 0.25) is 0 Å². The molecule has 154 valence electrons. The van der Waals surface area contributed by atoms with Crippen molar-refractivity contribution >= 4 is 29.1 Å². The second-order valence-electron chi connectivity index (χ2n) is 6.57. The molecular formula is C21H23ClN2O5. The van der Waals surface area contributed by atoms with Crippen LogP contribution in [0, 0.1) is 6.92 Å². The highest BCUT2D eigenvalue weighted by Gasteiger charge is 2.18. The van der Waals surface area contributed by atoms with Crippen LogP contribution >= 0.6 is 11.6 Å². The smallest absolute Gasteiger partial charge is 0.260 e. The van der Waals surface area contributed by atoms with Gasteiger partial charge in [-0.3, -0.25) is 9.59 Å². The molecule has 1 saturated heterocycles. The topological polar surface area (TPSA) is 77.1 Å². The molecule has 0 aromatic heterocycles. The number of hydrogen-bond donors (Lipinski definition) is 1. The van der Waals surface area contributed by atoms with Gasteiger partial charge >= 0.3 is 0 Å². The zero-order chi connectivity index (χ0) is 20.8.